The highest BCUT2D eigenvalue weighted by molar-refractivity contribution is 5.59. The van der Waals surface area contributed by atoms with Gasteiger partial charge in [-0.05, 0) is 24.6 Å². The average molecular weight is 195 g/mol. The average Bonchev–Trinajstić information content (AvgIpc) is 2.15. The number of nitrogen functional groups attached to an aromatic ring is 1. The van der Waals surface area contributed by atoms with E-state index in [1.807, 2.05) is 6.07 Å². The van der Waals surface area contributed by atoms with Gasteiger partial charge in [-0.15, -0.1) is 0 Å². The number of benzene rings is 1. The Kier molecular flexibility index (Phi) is 3.79. The standard InChI is InChI=1S/C10H13NO3/c1-2-13-10(12)14-7-8-4-3-5-9(11)6-8/h3-6H,2,7,11H2,1H3. The molecule has 0 aliphatic heterocycles. The fourth-order valence-electron chi connectivity index (χ4n) is 0.985. The summed E-state index contributed by atoms with van der Waals surface area (Å²) < 4.78 is 9.41. The van der Waals surface area contributed by atoms with E-state index in [1.165, 1.54) is 0 Å². The van der Waals surface area contributed by atoms with Gasteiger partial charge in [0.1, 0.15) is 6.61 Å². The quantitative estimate of drug-likeness (QED) is 0.591. The molecule has 1 rings (SSSR count). The maximum Gasteiger partial charge on any atom is 0.508 e. The van der Waals surface area contributed by atoms with Crippen LogP contribution < -0.4 is 5.73 Å². The van der Waals surface area contributed by atoms with Gasteiger partial charge >= 0.3 is 6.16 Å². The second-order valence-electron chi connectivity index (χ2n) is 2.72. The summed E-state index contributed by atoms with van der Waals surface area (Å²) in [6.07, 6.45) is -0.657. The van der Waals surface area contributed by atoms with Gasteiger partial charge < -0.3 is 15.2 Å². The number of ether oxygens (including phenoxy) is 2. The van der Waals surface area contributed by atoms with Gasteiger partial charge in [-0.25, -0.2) is 4.79 Å². The number of hydrogen-bond acceptors (Lipinski definition) is 4. The third-order valence-corrected chi connectivity index (χ3v) is 1.57. The zero-order chi connectivity index (χ0) is 10.4. The van der Waals surface area contributed by atoms with Crippen molar-refractivity contribution in [3.05, 3.63) is 29.8 Å². The Balaban J connectivity index is 2.41. The first-order valence-corrected chi connectivity index (χ1v) is 4.36. The van der Waals surface area contributed by atoms with Crippen LogP contribution in [0.15, 0.2) is 24.3 Å². The molecule has 0 spiro atoms. The fourth-order valence-corrected chi connectivity index (χ4v) is 0.985. The molecular formula is C10H13NO3. The van der Waals surface area contributed by atoms with E-state index in [0.29, 0.717) is 12.3 Å². The first kappa shape index (κ1) is 10.4. The predicted octanol–water partition coefficient (Wildman–Crippen LogP) is 1.94. The number of nitrogens with two attached hydrogens (primary N) is 1. The van der Waals surface area contributed by atoms with Gasteiger partial charge in [-0.3, -0.25) is 0 Å². The molecule has 0 atom stereocenters. The van der Waals surface area contributed by atoms with Crippen LogP contribution in [-0.4, -0.2) is 12.8 Å². The zero-order valence-electron chi connectivity index (χ0n) is 8.03. The van der Waals surface area contributed by atoms with Crippen molar-refractivity contribution in [3.63, 3.8) is 0 Å². The van der Waals surface area contributed by atoms with Crippen LogP contribution in [0.5, 0.6) is 0 Å². The summed E-state index contributed by atoms with van der Waals surface area (Å²) in [6.45, 7) is 2.22. The minimum absolute atomic E-state index is 0.184. The van der Waals surface area contributed by atoms with E-state index in [-0.39, 0.29) is 6.61 Å². The van der Waals surface area contributed by atoms with Gasteiger partial charge in [-0.1, -0.05) is 12.1 Å². The second-order valence-corrected chi connectivity index (χ2v) is 2.72. The summed E-state index contributed by atoms with van der Waals surface area (Å²) in [6, 6.07) is 7.15. The van der Waals surface area contributed by atoms with Crippen molar-refractivity contribution >= 4 is 11.8 Å². The monoisotopic (exact) mass is 195 g/mol. The minimum atomic E-state index is -0.657. The number of hydrogen-bond donors (Lipinski definition) is 1. The van der Waals surface area contributed by atoms with Crippen LogP contribution in [0.25, 0.3) is 0 Å². The van der Waals surface area contributed by atoms with Crippen LogP contribution in [0.2, 0.25) is 0 Å². The fraction of sp³-hybridized carbons (Fsp3) is 0.300. The molecule has 0 amide bonds. The van der Waals surface area contributed by atoms with Gasteiger partial charge in [0.05, 0.1) is 6.61 Å². The Bertz CT molecular complexity index is 312. The highest BCUT2D eigenvalue weighted by atomic mass is 16.7. The molecule has 0 aliphatic rings. The van der Waals surface area contributed by atoms with E-state index in [1.54, 1.807) is 25.1 Å². The molecule has 1 aromatic carbocycles. The summed E-state index contributed by atoms with van der Waals surface area (Å²) in [4.78, 5) is 10.8. The van der Waals surface area contributed by atoms with E-state index in [4.69, 9.17) is 10.5 Å². The lowest BCUT2D eigenvalue weighted by molar-refractivity contribution is 0.0536. The van der Waals surface area contributed by atoms with E-state index < -0.39 is 6.16 Å². The SMILES string of the molecule is CCOC(=O)OCc1cccc(N)c1. The minimum Gasteiger partial charge on any atom is -0.435 e. The summed E-state index contributed by atoms with van der Waals surface area (Å²) in [5, 5.41) is 0. The normalized spacial score (nSPS) is 9.50. The van der Waals surface area contributed by atoms with E-state index in [2.05, 4.69) is 4.74 Å². The maximum absolute atomic E-state index is 10.8. The summed E-state index contributed by atoms with van der Waals surface area (Å²) in [5.74, 6) is 0. The van der Waals surface area contributed by atoms with Gasteiger partial charge in [0.25, 0.3) is 0 Å². The van der Waals surface area contributed by atoms with Gasteiger partial charge in [0.15, 0.2) is 0 Å². The van der Waals surface area contributed by atoms with Crippen molar-refractivity contribution in [2.24, 2.45) is 0 Å². The topological polar surface area (TPSA) is 61.5 Å². The highest BCUT2D eigenvalue weighted by Gasteiger charge is 2.02. The molecular weight excluding hydrogens is 182 g/mol. The summed E-state index contributed by atoms with van der Waals surface area (Å²) >= 11 is 0. The van der Waals surface area contributed by atoms with Crippen molar-refractivity contribution in [3.8, 4) is 0 Å². The molecule has 76 valence electrons. The van der Waals surface area contributed by atoms with Crippen molar-refractivity contribution in [1.29, 1.82) is 0 Å². The zero-order valence-corrected chi connectivity index (χ0v) is 8.03. The maximum atomic E-state index is 10.8. The number of rotatable bonds is 3. The number of carbonyl (C=O) groups excluding carboxylic acids is 1. The van der Waals surface area contributed by atoms with Crippen molar-refractivity contribution in [2.75, 3.05) is 12.3 Å². The molecule has 0 aliphatic carbocycles. The number of anilines is 1. The molecule has 0 radical (unpaired) electrons. The number of carbonyl (C=O) groups is 1. The third-order valence-electron chi connectivity index (χ3n) is 1.57. The summed E-state index contributed by atoms with van der Waals surface area (Å²) in [5.41, 5.74) is 7.05. The Hall–Kier alpha value is -1.71. The molecule has 0 unspecified atom stereocenters. The lowest BCUT2D eigenvalue weighted by Crippen LogP contribution is -2.06. The van der Waals surface area contributed by atoms with Crippen LogP contribution in [0, 0.1) is 0 Å². The molecule has 0 saturated heterocycles. The van der Waals surface area contributed by atoms with E-state index in [9.17, 15) is 4.79 Å². The Labute approximate surface area is 82.6 Å². The Morgan fingerprint density at radius 2 is 2.21 bits per heavy atom. The van der Waals surface area contributed by atoms with Gasteiger partial charge in [-0.2, -0.15) is 0 Å². The molecule has 0 heterocycles. The smallest absolute Gasteiger partial charge is 0.435 e. The first-order valence-electron chi connectivity index (χ1n) is 4.36. The lowest BCUT2D eigenvalue weighted by atomic mass is 10.2. The van der Waals surface area contributed by atoms with Crippen LogP contribution in [0.3, 0.4) is 0 Å². The molecule has 4 nitrogen and oxygen atoms in total. The van der Waals surface area contributed by atoms with Crippen molar-refractivity contribution in [2.45, 2.75) is 13.5 Å². The van der Waals surface area contributed by atoms with Crippen molar-refractivity contribution < 1.29 is 14.3 Å². The molecule has 0 fully saturated rings. The highest BCUT2D eigenvalue weighted by Crippen LogP contribution is 2.07. The van der Waals surface area contributed by atoms with Gasteiger partial charge in [0.2, 0.25) is 0 Å². The summed E-state index contributed by atoms with van der Waals surface area (Å²) in [7, 11) is 0. The Morgan fingerprint density at radius 1 is 1.43 bits per heavy atom. The van der Waals surface area contributed by atoms with E-state index >= 15 is 0 Å². The third kappa shape index (κ3) is 3.35. The van der Waals surface area contributed by atoms with Crippen LogP contribution in [0.1, 0.15) is 12.5 Å². The van der Waals surface area contributed by atoms with E-state index in [0.717, 1.165) is 5.56 Å². The van der Waals surface area contributed by atoms with Crippen LogP contribution in [-0.2, 0) is 16.1 Å². The predicted molar refractivity (Wildman–Crippen MR) is 52.7 cm³/mol. The van der Waals surface area contributed by atoms with Gasteiger partial charge in [0, 0.05) is 5.69 Å². The lowest BCUT2D eigenvalue weighted by Gasteiger charge is -2.04. The largest absolute Gasteiger partial charge is 0.508 e. The van der Waals surface area contributed by atoms with Crippen LogP contribution >= 0.6 is 0 Å². The van der Waals surface area contributed by atoms with Crippen LogP contribution in [0.4, 0.5) is 10.5 Å². The molecule has 0 bridgehead atoms. The first-order chi connectivity index (χ1) is 6.72. The molecule has 0 aromatic heterocycles. The molecule has 4 heteroatoms. The molecule has 2 N–H and O–H groups in total. The Morgan fingerprint density at radius 3 is 2.86 bits per heavy atom. The second kappa shape index (κ2) is 5.11. The molecule has 14 heavy (non-hydrogen) atoms. The molecule has 1 aromatic rings. The molecule has 0 saturated carbocycles. The van der Waals surface area contributed by atoms with Crippen molar-refractivity contribution in [1.82, 2.24) is 0 Å².